The van der Waals surface area contributed by atoms with Gasteiger partial charge in [0.05, 0.1) is 17.2 Å². The predicted octanol–water partition coefficient (Wildman–Crippen LogP) is 5.30. The predicted molar refractivity (Wildman–Crippen MR) is 129 cm³/mol. The first kappa shape index (κ1) is 24.0. The van der Waals surface area contributed by atoms with Crippen LogP contribution in [0.1, 0.15) is 51.3 Å². The highest BCUT2D eigenvalue weighted by molar-refractivity contribution is 6.02. The molecule has 1 unspecified atom stereocenters. The molecule has 0 aliphatic heterocycles. The van der Waals surface area contributed by atoms with E-state index in [4.69, 9.17) is 4.74 Å². The van der Waals surface area contributed by atoms with E-state index in [-0.39, 0.29) is 17.7 Å². The van der Waals surface area contributed by atoms with Gasteiger partial charge in [0.1, 0.15) is 6.61 Å². The monoisotopic (exact) mass is 444 g/mol. The average molecular weight is 445 g/mol. The van der Waals surface area contributed by atoms with Gasteiger partial charge in [-0.3, -0.25) is 0 Å². The number of allylic oxidation sites excluding steroid dienone is 1. The van der Waals surface area contributed by atoms with Crippen LogP contribution in [0.4, 0.5) is 0 Å². The molecule has 1 aliphatic carbocycles. The molecule has 0 spiro atoms. The molecule has 170 valence electrons. The zero-order valence-electron chi connectivity index (χ0n) is 18.9. The van der Waals surface area contributed by atoms with Gasteiger partial charge in [0.2, 0.25) is 0 Å². The van der Waals surface area contributed by atoms with Crippen LogP contribution < -0.4 is 0 Å². The van der Waals surface area contributed by atoms with Crippen LogP contribution in [0.3, 0.4) is 0 Å². The molecule has 5 heteroatoms. The number of ether oxygens (including phenoxy) is 1. The Kier molecular flexibility index (Phi) is 7.80. The number of fused-ring (bicyclic) bond motifs is 3. The van der Waals surface area contributed by atoms with Crippen LogP contribution in [-0.2, 0) is 17.6 Å². The lowest BCUT2D eigenvalue weighted by Crippen LogP contribution is -2.22. The van der Waals surface area contributed by atoms with Gasteiger partial charge >= 0.3 is 11.9 Å². The third-order valence-corrected chi connectivity index (χ3v) is 5.19. The molecule has 5 nitrogen and oxygen atoms in total. The quantitative estimate of drug-likeness (QED) is 0.311. The molecular weight excluding hydrogens is 416 g/mol. The number of carboxylic acid groups (broad SMARTS) is 1. The van der Waals surface area contributed by atoms with Crippen molar-refractivity contribution in [1.82, 2.24) is 0 Å². The molecule has 1 atom stereocenters. The zero-order chi connectivity index (χ0) is 24.0. The number of aliphatic hydroxyl groups is 1. The summed E-state index contributed by atoms with van der Waals surface area (Å²) in [6, 6.07) is 20.2. The lowest BCUT2D eigenvalue weighted by atomic mass is 9.97. The summed E-state index contributed by atoms with van der Waals surface area (Å²) >= 11 is 0. The van der Waals surface area contributed by atoms with Crippen LogP contribution in [0.25, 0.3) is 11.1 Å². The number of aliphatic hydroxyl groups excluding tert-OH is 1. The Labute approximate surface area is 194 Å². The van der Waals surface area contributed by atoms with Crippen LogP contribution in [-0.4, -0.2) is 34.9 Å². The number of hydrogen-bond donors (Lipinski definition) is 2. The first-order valence-electron chi connectivity index (χ1n) is 10.8. The maximum absolute atomic E-state index is 12.3. The fourth-order valence-corrected chi connectivity index (χ4v) is 3.82. The van der Waals surface area contributed by atoms with Gasteiger partial charge in [-0.1, -0.05) is 60.2 Å². The van der Waals surface area contributed by atoms with Crippen LogP contribution in [0.5, 0.6) is 0 Å². The standard InChI is InChI=1S/C24H20O5.C4H8/c25-17(14-29-24(28)21-10-4-3-9-20(21)23(26)27)12-15-7-5-11-19-18-8-2-1-6-16(18)13-22(15)19;1-4(2)3/h1-11,17,25H,12-14H2,(H,26,27);1H2,2-3H3. The molecule has 1 aliphatic rings. The van der Waals surface area contributed by atoms with Crippen LogP contribution in [0, 0.1) is 0 Å². The maximum Gasteiger partial charge on any atom is 0.339 e. The van der Waals surface area contributed by atoms with Crippen LogP contribution in [0.15, 0.2) is 78.9 Å². The highest BCUT2D eigenvalue weighted by Crippen LogP contribution is 2.38. The third-order valence-electron chi connectivity index (χ3n) is 5.19. The van der Waals surface area contributed by atoms with Gasteiger partial charge in [-0.15, -0.1) is 6.58 Å². The van der Waals surface area contributed by atoms with Crippen LogP contribution >= 0.6 is 0 Å². The number of benzene rings is 3. The van der Waals surface area contributed by atoms with Crippen molar-refractivity contribution in [3.63, 3.8) is 0 Å². The summed E-state index contributed by atoms with van der Waals surface area (Å²) < 4.78 is 5.18. The van der Waals surface area contributed by atoms with Gasteiger partial charge < -0.3 is 14.9 Å². The van der Waals surface area contributed by atoms with Gasteiger partial charge in [0.25, 0.3) is 0 Å². The summed E-state index contributed by atoms with van der Waals surface area (Å²) in [5.74, 6) is -1.95. The van der Waals surface area contributed by atoms with Crippen molar-refractivity contribution in [2.24, 2.45) is 0 Å². The molecule has 0 saturated carbocycles. The van der Waals surface area contributed by atoms with Gasteiger partial charge in [-0.25, -0.2) is 9.59 Å². The Morgan fingerprint density at radius 2 is 1.55 bits per heavy atom. The van der Waals surface area contributed by atoms with E-state index in [0.717, 1.165) is 12.0 Å². The minimum atomic E-state index is -1.20. The Balaban J connectivity index is 0.000000709. The second-order valence-electron chi connectivity index (χ2n) is 8.29. The van der Waals surface area contributed by atoms with Crippen molar-refractivity contribution in [3.05, 3.63) is 107 Å². The molecule has 0 heterocycles. The van der Waals surface area contributed by atoms with Crippen molar-refractivity contribution in [2.45, 2.75) is 32.8 Å². The van der Waals surface area contributed by atoms with E-state index in [1.807, 2.05) is 38.1 Å². The molecule has 0 radical (unpaired) electrons. The first-order valence-corrected chi connectivity index (χ1v) is 10.8. The molecule has 4 rings (SSSR count). The van der Waals surface area contributed by atoms with Crippen molar-refractivity contribution in [3.8, 4) is 11.1 Å². The molecule has 2 N–H and O–H groups in total. The fourth-order valence-electron chi connectivity index (χ4n) is 3.82. The number of carboxylic acids is 1. The Morgan fingerprint density at radius 3 is 2.24 bits per heavy atom. The van der Waals surface area contributed by atoms with Gasteiger partial charge in [0.15, 0.2) is 0 Å². The topological polar surface area (TPSA) is 83.8 Å². The Bertz CT molecular complexity index is 1170. The molecule has 0 amide bonds. The molecule has 0 aromatic heterocycles. The largest absolute Gasteiger partial charge is 0.478 e. The third kappa shape index (κ3) is 5.96. The first-order chi connectivity index (χ1) is 15.8. The number of rotatable bonds is 6. The molecular formula is C28H28O5. The second kappa shape index (κ2) is 10.7. The summed E-state index contributed by atoms with van der Waals surface area (Å²) in [6.07, 6.45) is 0.289. The van der Waals surface area contributed by atoms with E-state index < -0.39 is 18.0 Å². The maximum atomic E-state index is 12.3. The van der Waals surface area contributed by atoms with Gasteiger partial charge in [-0.2, -0.15) is 0 Å². The number of aromatic carboxylic acids is 1. The number of carbonyl (C=O) groups is 2. The van der Waals surface area contributed by atoms with E-state index in [1.54, 1.807) is 12.1 Å². The van der Waals surface area contributed by atoms with E-state index in [0.29, 0.717) is 6.42 Å². The minimum absolute atomic E-state index is 0.0248. The highest BCUT2D eigenvalue weighted by atomic mass is 16.5. The second-order valence-corrected chi connectivity index (χ2v) is 8.29. The zero-order valence-corrected chi connectivity index (χ0v) is 18.9. The molecule has 0 saturated heterocycles. The van der Waals surface area contributed by atoms with Crippen LogP contribution in [0.2, 0.25) is 0 Å². The number of carbonyl (C=O) groups excluding carboxylic acids is 1. The SMILES string of the molecule is C=C(C)C.O=C(O)c1ccccc1C(=O)OCC(O)Cc1cccc2c1Cc1ccccc1-2. The molecule has 33 heavy (non-hydrogen) atoms. The lowest BCUT2D eigenvalue weighted by Gasteiger charge is -2.15. The Hall–Kier alpha value is -3.70. The summed E-state index contributed by atoms with van der Waals surface area (Å²) in [4.78, 5) is 23.5. The van der Waals surface area contributed by atoms with Gasteiger partial charge in [0, 0.05) is 6.42 Å². The summed E-state index contributed by atoms with van der Waals surface area (Å²) in [7, 11) is 0. The van der Waals surface area contributed by atoms with E-state index in [9.17, 15) is 19.8 Å². The summed E-state index contributed by atoms with van der Waals surface area (Å²) in [6.45, 7) is 7.30. The molecule has 3 aromatic carbocycles. The van der Waals surface area contributed by atoms with Crippen molar-refractivity contribution in [1.29, 1.82) is 0 Å². The van der Waals surface area contributed by atoms with Crippen molar-refractivity contribution >= 4 is 11.9 Å². The summed E-state index contributed by atoms with van der Waals surface area (Å²) in [5.41, 5.74) is 6.90. The van der Waals surface area contributed by atoms with Crippen molar-refractivity contribution < 1.29 is 24.5 Å². The fraction of sp³-hybridized carbons (Fsp3) is 0.214. The number of hydrogen-bond acceptors (Lipinski definition) is 4. The van der Waals surface area contributed by atoms with E-state index in [1.165, 1.54) is 40.0 Å². The van der Waals surface area contributed by atoms with Gasteiger partial charge in [-0.05, 0) is 60.2 Å². The normalized spacial score (nSPS) is 12.0. The van der Waals surface area contributed by atoms with E-state index in [2.05, 4.69) is 24.8 Å². The molecule has 0 fully saturated rings. The lowest BCUT2D eigenvalue weighted by molar-refractivity contribution is 0.0255. The Morgan fingerprint density at radius 1 is 0.939 bits per heavy atom. The van der Waals surface area contributed by atoms with Crippen molar-refractivity contribution in [2.75, 3.05) is 6.61 Å². The minimum Gasteiger partial charge on any atom is -0.478 e. The smallest absolute Gasteiger partial charge is 0.339 e. The summed E-state index contributed by atoms with van der Waals surface area (Å²) in [5, 5.41) is 19.6. The van der Waals surface area contributed by atoms with E-state index >= 15 is 0 Å². The highest BCUT2D eigenvalue weighted by Gasteiger charge is 2.22. The molecule has 0 bridgehead atoms. The number of esters is 1. The average Bonchev–Trinajstić information content (AvgIpc) is 3.17. The molecule has 3 aromatic rings.